The fraction of sp³-hybridized carbons (Fsp3) is 0.667. The Morgan fingerprint density at radius 3 is 2.55 bits per heavy atom. The van der Waals surface area contributed by atoms with Gasteiger partial charge >= 0.3 is 0 Å². The lowest BCUT2D eigenvalue weighted by Gasteiger charge is -2.29. The van der Waals surface area contributed by atoms with Gasteiger partial charge in [0, 0.05) is 12.5 Å². The van der Waals surface area contributed by atoms with Crippen LogP contribution in [0.25, 0.3) is 0 Å². The van der Waals surface area contributed by atoms with E-state index in [1.165, 1.54) is 17.5 Å². The Balaban J connectivity index is 2.64. The molecule has 0 fully saturated rings. The lowest BCUT2D eigenvalue weighted by Crippen LogP contribution is -2.31. The van der Waals surface area contributed by atoms with Crippen molar-refractivity contribution < 1.29 is 9.84 Å². The van der Waals surface area contributed by atoms with Gasteiger partial charge in [0.25, 0.3) is 0 Å². The SMILES string of the molecule is CCCCC(OCc1cccc(C)c1)C(CO)C(C)C. The molecule has 2 nitrogen and oxygen atoms in total. The van der Waals surface area contributed by atoms with Gasteiger partial charge < -0.3 is 9.84 Å². The molecular formula is C18H30O2. The van der Waals surface area contributed by atoms with E-state index in [-0.39, 0.29) is 18.6 Å². The molecule has 0 aliphatic rings. The molecule has 0 bridgehead atoms. The highest BCUT2D eigenvalue weighted by atomic mass is 16.5. The van der Waals surface area contributed by atoms with E-state index in [1.54, 1.807) is 0 Å². The van der Waals surface area contributed by atoms with Crippen molar-refractivity contribution in [1.82, 2.24) is 0 Å². The van der Waals surface area contributed by atoms with Crippen LogP contribution < -0.4 is 0 Å². The lowest BCUT2D eigenvalue weighted by molar-refractivity contribution is -0.0371. The summed E-state index contributed by atoms with van der Waals surface area (Å²) in [5, 5.41) is 9.63. The van der Waals surface area contributed by atoms with Crippen molar-refractivity contribution in [3.63, 3.8) is 0 Å². The predicted octanol–water partition coefficient (Wildman–Crippen LogP) is 4.33. The van der Waals surface area contributed by atoms with Crippen LogP contribution in [0.3, 0.4) is 0 Å². The molecule has 114 valence electrons. The maximum absolute atomic E-state index is 9.63. The molecule has 1 aromatic carbocycles. The highest BCUT2D eigenvalue weighted by Gasteiger charge is 2.24. The Labute approximate surface area is 124 Å². The minimum atomic E-state index is 0.153. The van der Waals surface area contributed by atoms with E-state index in [9.17, 15) is 5.11 Å². The van der Waals surface area contributed by atoms with Crippen LogP contribution in [-0.2, 0) is 11.3 Å². The summed E-state index contributed by atoms with van der Waals surface area (Å²) in [7, 11) is 0. The third-order valence-electron chi connectivity index (χ3n) is 3.93. The van der Waals surface area contributed by atoms with Crippen molar-refractivity contribution >= 4 is 0 Å². The minimum Gasteiger partial charge on any atom is -0.396 e. The molecule has 0 radical (unpaired) electrons. The van der Waals surface area contributed by atoms with Crippen molar-refractivity contribution in [2.75, 3.05) is 6.61 Å². The number of aliphatic hydroxyl groups is 1. The van der Waals surface area contributed by atoms with Crippen LogP contribution in [-0.4, -0.2) is 17.8 Å². The van der Waals surface area contributed by atoms with Gasteiger partial charge in [-0.15, -0.1) is 0 Å². The van der Waals surface area contributed by atoms with Crippen molar-refractivity contribution in [3.8, 4) is 0 Å². The summed E-state index contributed by atoms with van der Waals surface area (Å²) in [4.78, 5) is 0. The highest BCUT2D eigenvalue weighted by Crippen LogP contribution is 2.23. The zero-order valence-electron chi connectivity index (χ0n) is 13.4. The van der Waals surface area contributed by atoms with Gasteiger partial charge in [0.05, 0.1) is 12.7 Å². The molecule has 0 aliphatic heterocycles. The molecule has 0 aliphatic carbocycles. The van der Waals surface area contributed by atoms with Crippen molar-refractivity contribution in [2.24, 2.45) is 11.8 Å². The lowest BCUT2D eigenvalue weighted by atomic mass is 9.88. The van der Waals surface area contributed by atoms with E-state index in [0.29, 0.717) is 12.5 Å². The largest absolute Gasteiger partial charge is 0.396 e. The monoisotopic (exact) mass is 278 g/mol. The summed E-state index contributed by atoms with van der Waals surface area (Å²) >= 11 is 0. The zero-order valence-corrected chi connectivity index (χ0v) is 13.4. The minimum absolute atomic E-state index is 0.153. The molecule has 20 heavy (non-hydrogen) atoms. The Hall–Kier alpha value is -0.860. The number of aryl methyl sites for hydroxylation is 1. The van der Waals surface area contributed by atoms with Crippen LogP contribution in [0.2, 0.25) is 0 Å². The maximum atomic E-state index is 9.63. The zero-order chi connectivity index (χ0) is 15.0. The second-order valence-electron chi connectivity index (χ2n) is 6.07. The summed E-state index contributed by atoms with van der Waals surface area (Å²) in [6.07, 6.45) is 3.51. The Morgan fingerprint density at radius 2 is 2.00 bits per heavy atom. The van der Waals surface area contributed by atoms with Crippen molar-refractivity contribution in [2.45, 2.75) is 59.7 Å². The van der Waals surface area contributed by atoms with Crippen LogP contribution in [0, 0.1) is 18.8 Å². The number of aliphatic hydroxyl groups excluding tert-OH is 1. The number of hydrogen-bond donors (Lipinski definition) is 1. The number of hydrogen-bond acceptors (Lipinski definition) is 2. The highest BCUT2D eigenvalue weighted by molar-refractivity contribution is 5.21. The topological polar surface area (TPSA) is 29.5 Å². The molecule has 1 aromatic rings. The van der Waals surface area contributed by atoms with Crippen LogP contribution in [0.5, 0.6) is 0 Å². The first-order valence-electron chi connectivity index (χ1n) is 7.86. The van der Waals surface area contributed by atoms with Crippen LogP contribution in [0.4, 0.5) is 0 Å². The summed E-state index contributed by atoms with van der Waals surface area (Å²) < 4.78 is 6.14. The average molecular weight is 278 g/mol. The van der Waals surface area contributed by atoms with Crippen molar-refractivity contribution in [3.05, 3.63) is 35.4 Å². The average Bonchev–Trinajstić information content (AvgIpc) is 2.41. The van der Waals surface area contributed by atoms with E-state index in [0.717, 1.165) is 12.8 Å². The van der Waals surface area contributed by atoms with E-state index < -0.39 is 0 Å². The van der Waals surface area contributed by atoms with Gasteiger partial charge in [0.2, 0.25) is 0 Å². The third-order valence-corrected chi connectivity index (χ3v) is 3.93. The quantitative estimate of drug-likeness (QED) is 0.728. The van der Waals surface area contributed by atoms with E-state index in [2.05, 4.69) is 52.0 Å². The van der Waals surface area contributed by atoms with E-state index >= 15 is 0 Å². The van der Waals surface area contributed by atoms with Gasteiger partial charge in [0.15, 0.2) is 0 Å². The standard InChI is InChI=1S/C18H30O2/c1-5-6-10-18(17(12-19)14(2)3)20-13-16-9-7-8-15(4)11-16/h7-9,11,14,17-19H,5-6,10,12-13H2,1-4H3. The van der Waals surface area contributed by atoms with Gasteiger partial charge in [-0.1, -0.05) is 63.4 Å². The molecule has 1 rings (SSSR count). The third kappa shape index (κ3) is 5.64. The second-order valence-corrected chi connectivity index (χ2v) is 6.07. The molecule has 0 spiro atoms. The molecule has 0 heterocycles. The molecule has 1 N–H and O–H groups in total. The molecular weight excluding hydrogens is 248 g/mol. The van der Waals surface area contributed by atoms with Crippen molar-refractivity contribution in [1.29, 1.82) is 0 Å². The van der Waals surface area contributed by atoms with Gasteiger partial charge in [0.1, 0.15) is 0 Å². The Bertz CT molecular complexity index is 373. The number of ether oxygens (including phenoxy) is 1. The van der Waals surface area contributed by atoms with Gasteiger partial charge in [-0.3, -0.25) is 0 Å². The molecule has 2 unspecified atom stereocenters. The van der Waals surface area contributed by atoms with E-state index in [1.807, 2.05) is 0 Å². The molecule has 2 atom stereocenters. The number of benzene rings is 1. The first-order valence-corrected chi connectivity index (χ1v) is 7.86. The molecule has 0 amide bonds. The van der Waals surface area contributed by atoms with E-state index in [4.69, 9.17) is 4.74 Å². The molecule has 2 heteroatoms. The van der Waals surface area contributed by atoms with Crippen LogP contribution in [0.1, 0.15) is 51.2 Å². The summed E-state index contributed by atoms with van der Waals surface area (Å²) in [5.74, 6) is 0.672. The van der Waals surface area contributed by atoms with Crippen LogP contribution in [0.15, 0.2) is 24.3 Å². The maximum Gasteiger partial charge on any atom is 0.0720 e. The van der Waals surface area contributed by atoms with Gasteiger partial charge in [-0.2, -0.15) is 0 Å². The smallest absolute Gasteiger partial charge is 0.0720 e. The first kappa shape index (κ1) is 17.2. The fourth-order valence-electron chi connectivity index (χ4n) is 2.59. The fourth-order valence-corrected chi connectivity index (χ4v) is 2.59. The van der Waals surface area contributed by atoms with Gasteiger partial charge in [-0.05, 0) is 24.8 Å². The normalized spacial score (nSPS) is 14.5. The first-order chi connectivity index (χ1) is 9.58. The van der Waals surface area contributed by atoms with Gasteiger partial charge in [-0.25, -0.2) is 0 Å². The number of unbranched alkanes of at least 4 members (excludes halogenated alkanes) is 1. The molecule has 0 aromatic heterocycles. The molecule has 0 saturated carbocycles. The molecule has 0 saturated heterocycles. The second kappa shape index (κ2) is 9.15. The summed E-state index contributed by atoms with van der Waals surface area (Å²) in [6, 6.07) is 8.44. The Kier molecular flexibility index (Phi) is 7.86. The number of rotatable bonds is 9. The summed E-state index contributed by atoms with van der Waals surface area (Å²) in [6.45, 7) is 9.47. The predicted molar refractivity (Wildman–Crippen MR) is 84.7 cm³/mol. The van der Waals surface area contributed by atoms with Crippen LogP contribution >= 0.6 is 0 Å². The Morgan fingerprint density at radius 1 is 1.25 bits per heavy atom. The summed E-state index contributed by atoms with van der Waals surface area (Å²) in [5.41, 5.74) is 2.48.